The van der Waals surface area contributed by atoms with E-state index in [1.54, 1.807) is 24.3 Å². The van der Waals surface area contributed by atoms with Gasteiger partial charge in [0.25, 0.3) is 0 Å². The molecule has 1 aromatic carbocycles. The van der Waals surface area contributed by atoms with Gasteiger partial charge in [-0.15, -0.1) is 0 Å². The number of hydrogen-bond acceptors (Lipinski definition) is 4. The maximum Gasteiger partial charge on any atom is 0.338 e. The Bertz CT molecular complexity index is 615. The Morgan fingerprint density at radius 1 is 0.821 bits per heavy atom. The van der Waals surface area contributed by atoms with Crippen molar-refractivity contribution in [3.8, 4) is 0 Å². The van der Waals surface area contributed by atoms with Gasteiger partial charge in [-0.2, -0.15) is 0 Å². The molecule has 0 bridgehead atoms. The second-order valence-electron chi connectivity index (χ2n) is 9.05. The van der Waals surface area contributed by atoms with E-state index < -0.39 is 0 Å². The average molecular weight is 387 g/mol. The van der Waals surface area contributed by atoms with Gasteiger partial charge < -0.3 is 9.47 Å². The van der Waals surface area contributed by atoms with Crippen LogP contribution in [-0.2, 0) is 9.47 Å². The zero-order valence-electron chi connectivity index (χ0n) is 17.3. The van der Waals surface area contributed by atoms with Crippen LogP contribution < -0.4 is 0 Å². The van der Waals surface area contributed by atoms with Crippen molar-refractivity contribution >= 4 is 11.9 Å². The summed E-state index contributed by atoms with van der Waals surface area (Å²) in [7, 11) is 0. The molecule has 0 amide bonds. The van der Waals surface area contributed by atoms with Crippen molar-refractivity contribution in [2.75, 3.05) is 13.2 Å². The van der Waals surface area contributed by atoms with Crippen LogP contribution in [0, 0.1) is 23.7 Å². The molecule has 4 nitrogen and oxygen atoms in total. The van der Waals surface area contributed by atoms with Crippen LogP contribution in [0.25, 0.3) is 0 Å². The Morgan fingerprint density at radius 2 is 1.29 bits per heavy atom. The van der Waals surface area contributed by atoms with E-state index in [0.29, 0.717) is 48.0 Å². The van der Waals surface area contributed by atoms with Crippen LogP contribution in [0.1, 0.15) is 85.9 Å². The lowest BCUT2D eigenvalue weighted by Gasteiger charge is -2.26. The molecule has 2 aliphatic carbocycles. The first-order valence-electron chi connectivity index (χ1n) is 11.0. The van der Waals surface area contributed by atoms with Gasteiger partial charge in [0.05, 0.1) is 24.3 Å². The number of rotatable bonds is 6. The van der Waals surface area contributed by atoms with E-state index in [4.69, 9.17) is 9.47 Å². The Balaban J connectivity index is 1.49. The van der Waals surface area contributed by atoms with Crippen LogP contribution in [0.4, 0.5) is 0 Å². The summed E-state index contributed by atoms with van der Waals surface area (Å²) in [5, 5.41) is 0. The van der Waals surface area contributed by atoms with Gasteiger partial charge in [0.1, 0.15) is 0 Å². The van der Waals surface area contributed by atoms with Crippen molar-refractivity contribution in [3.63, 3.8) is 0 Å². The van der Waals surface area contributed by atoms with Crippen molar-refractivity contribution < 1.29 is 19.1 Å². The quantitative estimate of drug-likeness (QED) is 0.593. The molecule has 0 heterocycles. The Hall–Kier alpha value is -1.84. The molecule has 0 N–H and O–H groups in total. The van der Waals surface area contributed by atoms with Gasteiger partial charge >= 0.3 is 11.9 Å². The number of benzene rings is 1. The number of ether oxygens (including phenoxy) is 2. The van der Waals surface area contributed by atoms with E-state index in [9.17, 15) is 9.59 Å². The number of esters is 2. The van der Waals surface area contributed by atoms with Gasteiger partial charge in [0.2, 0.25) is 0 Å². The molecule has 2 aliphatic rings. The molecular weight excluding hydrogens is 352 g/mol. The number of hydrogen-bond donors (Lipinski definition) is 0. The highest BCUT2D eigenvalue weighted by molar-refractivity contribution is 5.95. The molecule has 1 aromatic rings. The highest BCUT2D eigenvalue weighted by Crippen LogP contribution is 2.29. The van der Waals surface area contributed by atoms with Crippen LogP contribution in [0.3, 0.4) is 0 Å². The summed E-state index contributed by atoms with van der Waals surface area (Å²) in [6.07, 6.45) is 9.48. The highest BCUT2D eigenvalue weighted by atomic mass is 16.5. The van der Waals surface area contributed by atoms with Crippen LogP contribution in [0.15, 0.2) is 24.3 Å². The molecule has 28 heavy (non-hydrogen) atoms. The lowest BCUT2D eigenvalue weighted by Crippen LogP contribution is -2.21. The van der Waals surface area contributed by atoms with Gasteiger partial charge in [-0.1, -0.05) is 45.6 Å². The SMILES string of the molecule is CC1CCCC(COC(=O)c2cccc(C(=O)OCC3CCCC(C)C3)c2)C1. The fraction of sp³-hybridized carbons (Fsp3) is 0.667. The fourth-order valence-corrected chi connectivity index (χ4v) is 4.75. The van der Waals surface area contributed by atoms with Gasteiger partial charge in [0, 0.05) is 0 Å². The van der Waals surface area contributed by atoms with E-state index in [1.165, 1.54) is 25.7 Å². The summed E-state index contributed by atoms with van der Waals surface area (Å²) in [6.45, 7) is 5.46. The number of carbonyl (C=O) groups excluding carboxylic acids is 2. The third kappa shape index (κ3) is 6.08. The monoisotopic (exact) mass is 386 g/mol. The fourth-order valence-electron chi connectivity index (χ4n) is 4.75. The van der Waals surface area contributed by atoms with Crippen molar-refractivity contribution in [2.45, 2.75) is 65.2 Å². The molecule has 2 fully saturated rings. The lowest BCUT2D eigenvalue weighted by molar-refractivity contribution is 0.0387. The third-order valence-electron chi connectivity index (χ3n) is 6.32. The second kappa shape index (κ2) is 10.1. The van der Waals surface area contributed by atoms with E-state index in [0.717, 1.165) is 25.7 Å². The summed E-state index contributed by atoms with van der Waals surface area (Å²) in [6, 6.07) is 6.72. The number of carbonyl (C=O) groups is 2. The van der Waals surface area contributed by atoms with Crippen LogP contribution in [-0.4, -0.2) is 25.2 Å². The molecule has 4 unspecified atom stereocenters. The molecule has 154 valence electrons. The normalized spacial score (nSPS) is 27.8. The van der Waals surface area contributed by atoms with Gasteiger partial charge in [-0.25, -0.2) is 9.59 Å². The lowest BCUT2D eigenvalue weighted by atomic mass is 9.83. The largest absolute Gasteiger partial charge is 0.462 e. The summed E-state index contributed by atoms with van der Waals surface area (Å²) < 4.78 is 11.1. The van der Waals surface area contributed by atoms with Gasteiger partial charge in [-0.05, 0) is 67.6 Å². The molecule has 0 aromatic heterocycles. The molecule has 0 aliphatic heterocycles. The summed E-state index contributed by atoms with van der Waals surface area (Å²) in [5.41, 5.74) is 0.842. The molecule has 0 radical (unpaired) electrons. The Kier molecular flexibility index (Phi) is 7.52. The smallest absolute Gasteiger partial charge is 0.338 e. The minimum Gasteiger partial charge on any atom is -0.462 e. The first kappa shape index (κ1) is 20.9. The van der Waals surface area contributed by atoms with E-state index in [-0.39, 0.29) is 11.9 Å². The summed E-state index contributed by atoms with van der Waals surface area (Å²) in [4.78, 5) is 24.8. The van der Waals surface area contributed by atoms with Crippen molar-refractivity contribution in [2.24, 2.45) is 23.7 Å². The molecular formula is C24H34O4. The van der Waals surface area contributed by atoms with Gasteiger partial charge in [0.15, 0.2) is 0 Å². The predicted molar refractivity (Wildman–Crippen MR) is 109 cm³/mol. The van der Waals surface area contributed by atoms with E-state index >= 15 is 0 Å². The minimum absolute atomic E-state index is 0.353. The standard InChI is InChI=1S/C24H34O4/c1-17-6-3-8-19(12-17)15-27-23(25)21-10-5-11-22(14-21)24(26)28-16-20-9-4-7-18(2)13-20/h5,10-11,14,17-20H,3-4,6-9,12-13,15-16H2,1-2H3. The van der Waals surface area contributed by atoms with Crippen LogP contribution in [0.2, 0.25) is 0 Å². The third-order valence-corrected chi connectivity index (χ3v) is 6.32. The van der Waals surface area contributed by atoms with Crippen LogP contribution >= 0.6 is 0 Å². The highest BCUT2D eigenvalue weighted by Gasteiger charge is 2.22. The molecule has 4 atom stereocenters. The van der Waals surface area contributed by atoms with Crippen molar-refractivity contribution in [1.82, 2.24) is 0 Å². The maximum atomic E-state index is 12.4. The summed E-state index contributed by atoms with van der Waals surface area (Å²) >= 11 is 0. The average Bonchev–Trinajstić information content (AvgIpc) is 2.70. The zero-order chi connectivity index (χ0) is 19.9. The van der Waals surface area contributed by atoms with Gasteiger partial charge in [-0.3, -0.25) is 0 Å². The zero-order valence-corrected chi connectivity index (χ0v) is 17.3. The first-order valence-corrected chi connectivity index (χ1v) is 11.0. The van der Waals surface area contributed by atoms with Crippen molar-refractivity contribution in [3.05, 3.63) is 35.4 Å². The predicted octanol–water partition coefficient (Wildman–Crippen LogP) is 5.65. The molecule has 4 heteroatoms. The Labute approximate surface area is 169 Å². The molecule has 3 rings (SSSR count). The first-order chi connectivity index (χ1) is 13.5. The molecule has 2 saturated carbocycles. The Morgan fingerprint density at radius 3 is 1.71 bits per heavy atom. The minimum atomic E-state index is -0.353. The topological polar surface area (TPSA) is 52.6 Å². The summed E-state index contributed by atoms with van der Waals surface area (Å²) in [5.74, 6) is 1.63. The second-order valence-corrected chi connectivity index (χ2v) is 9.05. The molecule has 0 spiro atoms. The maximum absolute atomic E-state index is 12.4. The molecule has 0 saturated heterocycles. The van der Waals surface area contributed by atoms with E-state index in [2.05, 4.69) is 13.8 Å². The van der Waals surface area contributed by atoms with Crippen LogP contribution in [0.5, 0.6) is 0 Å². The van der Waals surface area contributed by atoms with Crippen molar-refractivity contribution in [1.29, 1.82) is 0 Å². The van der Waals surface area contributed by atoms with E-state index in [1.807, 2.05) is 0 Å².